The molecule has 0 nitrogen and oxygen atoms in total. The van der Waals surface area contributed by atoms with Crippen LogP contribution in [0.15, 0.2) is 54.6 Å². The van der Waals surface area contributed by atoms with Crippen molar-refractivity contribution in [2.24, 2.45) is 0 Å². The van der Waals surface area contributed by atoms with Crippen LogP contribution in [-0.4, -0.2) is 20.2 Å². The minimum absolute atomic E-state index is 1.35. The Morgan fingerprint density at radius 1 is 0.733 bits per heavy atom. The van der Waals surface area contributed by atoms with E-state index in [2.05, 4.69) is 66.4 Å². The first-order chi connectivity index (χ1) is 7.27. The van der Waals surface area contributed by atoms with Gasteiger partial charge in [0.15, 0.2) is 0 Å². The number of aryl methyl sites for hydroxylation is 1. The summed E-state index contributed by atoms with van der Waals surface area (Å²) in [5.41, 5.74) is 1.35. The molecule has 0 fully saturated rings. The standard InChI is InChI=1S/C7H7.C6H5.CH3.Sb/c1-7-5-3-2-4-6-7;1-2-4-6-5-3-1;;/h3-6H,1H3;1-5H;1H3;. The molecule has 76 valence electrons. The second-order valence-electron chi connectivity index (χ2n) is 3.73. The number of rotatable bonds is 2. The van der Waals surface area contributed by atoms with Gasteiger partial charge >= 0.3 is 99.2 Å². The molecular weight excluding hydrogens is 290 g/mol. The molecule has 2 rings (SSSR count). The molecule has 0 atom stereocenters. The number of hydrogen-bond donors (Lipinski definition) is 0. The fraction of sp³-hybridized carbons (Fsp3) is 0.143. The van der Waals surface area contributed by atoms with Gasteiger partial charge in [-0.05, 0) is 0 Å². The Hall–Kier alpha value is -0.742. The summed E-state index contributed by atoms with van der Waals surface area (Å²) in [5, 5.41) is 0. The minimum atomic E-state index is -1.39. The molecule has 0 saturated heterocycles. The Kier molecular flexibility index (Phi) is 3.48. The van der Waals surface area contributed by atoms with Gasteiger partial charge in [-0.15, -0.1) is 0 Å². The molecule has 0 heterocycles. The fourth-order valence-electron chi connectivity index (χ4n) is 1.57. The van der Waals surface area contributed by atoms with E-state index >= 15 is 0 Å². The molecule has 0 radical (unpaired) electrons. The van der Waals surface area contributed by atoms with Gasteiger partial charge in [0.25, 0.3) is 0 Å². The Balaban J connectivity index is 2.29. The average Bonchev–Trinajstić information content (AvgIpc) is 2.30. The monoisotopic (exact) mass is 304 g/mol. The van der Waals surface area contributed by atoms with Crippen molar-refractivity contribution < 1.29 is 0 Å². The van der Waals surface area contributed by atoms with Crippen molar-refractivity contribution in [2.45, 2.75) is 11.8 Å². The Labute approximate surface area is 98.9 Å². The van der Waals surface area contributed by atoms with E-state index in [9.17, 15) is 0 Å². The Morgan fingerprint density at radius 2 is 1.27 bits per heavy atom. The fourth-order valence-corrected chi connectivity index (χ4v) is 5.89. The van der Waals surface area contributed by atoms with Crippen LogP contribution in [0.25, 0.3) is 0 Å². The van der Waals surface area contributed by atoms with Crippen molar-refractivity contribution in [3.8, 4) is 0 Å². The molecular formula is C14H15Sb. The Bertz CT molecular complexity index is 417. The van der Waals surface area contributed by atoms with Gasteiger partial charge in [0, 0.05) is 0 Å². The van der Waals surface area contributed by atoms with E-state index in [4.69, 9.17) is 0 Å². The van der Waals surface area contributed by atoms with E-state index in [0.29, 0.717) is 0 Å². The predicted molar refractivity (Wildman–Crippen MR) is 68.5 cm³/mol. The van der Waals surface area contributed by atoms with Gasteiger partial charge in [-0.25, -0.2) is 0 Å². The van der Waals surface area contributed by atoms with Crippen molar-refractivity contribution in [3.63, 3.8) is 0 Å². The van der Waals surface area contributed by atoms with Crippen molar-refractivity contribution in [3.05, 3.63) is 60.2 Å². The molecule has 0 spiro atoms. The van der Waals surface area contributed by atoms with Gasteiger partial charge < -0.3 is 0 Å². The third kappa shape index (κ3) is 2.63. The van der Waals surface area contributed by atoms with E-state index < -0.39 is 20.2 Å². The Morgan fingerprint density at radius 3 is 1.87 bits per heavy atom. The topological polar surface area (TPSA) is 0 Å². The summed E-state index contributed by atoms with van der Waals surface area (Å²) in [6, 6.07) is 19.9. The first-order valence-corrected chi connectivity index (χ1v) is 10.2. The normalized spacial score (nSPS) is 10.6. The molecule has 0 aliphatic rings. The summed E-state index contributed by atoms with van der Waals surface area (Å²) in [4.78, 5) is 2.43. The van der Waals surface area contributed by atoms with Crippen LogP contribution in [0.4, 0.5) is 0 Å². The molecule has 0 N–H and O–H groups in total. The van der Waals surface area contributed by atoms with E-state index in [0.717, 1.165) is 0 Å². The first kappa shape index (κ1) is 10.8. The zero-order valence-electron chi connectivity index (χ0n) is 9.14. The van der Waals surface area contributed by atoms with Gasteiger partial charge in [0.1, 0.15) is 0 Å². The number of benzene rings is 2. The maximum absolute atomic E-state index is 2.43. The zero-order chi connectivity index (χ0) is 10.7. The van der Waals surface area contributed by atoms with Gasteiger partial charge in [0.2, 0.25) is 0 Å². The molecule has 2 aromatic carbocycles. The third-order valence-corrected chi connectivity index (χ3v) is 8.69. The molecule has 0 amide bonds. The van der Waals surface area contributed by atoms with Crippen molar-refractivity contribution in [1.29, 1.82) is 0 Å². The van der Waals surface area contributed by atoms with Crippen LogP contribution in [0.2, 0.25) is 4.87 Å². The molecule has 15 heavy (non-hydrogen) atoms. The summed E-state index contributed by atoms with van der Waals surface area (Å²) in [5.74, 6) is 0. The molecule has 0 aliphatic heterocycles. The van der Waals surface area contributed by atoms with Crippen LogP contribution < -0.4 is 7.02 Å². The van der Waals surface area contributed by atoms with E-state index in [1.807, 2.05) is 0 Å². The molecule has 0 saturated carbocycles. The van der Waals surface area contributed by atoms with Gasteiger partial charge in [-0.2, -0.15) is 0 Å². The second-order valence-corrected chi connectivity index (χ2v) is 9.87. The molecule has 0 aliphatic carbocycles. The van der Waals surface area contributed by atoms with Crippen molar-refractivity contribution in [2.75, 3.05) is 0 Å². The summed E-state index contributed by atoms with van der Waals surface area (Å²) in [6.45, 7) is 2.14. The van der Waals surface area contributed by atoms with Gasteiger partial charge in [-0.1, -0.05) is 0 Å². The van der Waals surface area contributed by atoms with E-state index in [1.54, 1.807) is 7.02 Å². The van der Waals surface area contributed by atoms with Crippen LogP contribution in [0.5, 0.6) is 0 Å². The molecule has 0 unspecified atom stereocenters. The zero-order valence-corrected chi connectivity index (χ0v) is 11.7. The average molecular weight is 305 g/mol. The summed E-state index contributed by atoms with van der Waals surface area (Å²) in [6.07, 6.45) is 0. The van der Waals surface area contributed by atoms with Crippen molar-refractivity contribution >= 4 is 27.2 Å². The second kappa shape index (κ2) is 4.85. The summed E-state index contributed by atoms with van der Waals surface area (Å²) in [7, 11) is 0. The van der Waals surface area contributed by atoms with E-state index in [1.165, 1.54) is 5.56 Å². The summed E-state index contributed by atoms with van der Waals surface area (Å²) >= 11 is -1.39. The van der Waals surface area contributed by atoms with E-state index in [-0.39, 0.29) is 0 Å². The SMILES string of the molecule is Cc1cc[c]([Sb]([CH3])[c]2ccccc2)cc1. The quantitative estimate of drug-likeness (QED) is 0.747. The summed E-state index contributed by atoms with van der Waals surface area (Å²) < 4.78 is 3.12. The predicted octanol–water partition coefficient (Wildman–Crippen LogP) is 2.23. The van der Waals surface area contributed by atoms with Crippen LogP contribution in [0.1, 0.15) is 5.56 Å². The first-order valence-electron chi connectivity index (χ1n) is 5.13. The van der Waals surface area contributed by atoms with Crippen LogP contribution >= 0.6 is 0 Å². The molecule has 0 aromatic heterocycles. The van der Waals surface area contributed by atoms with Crippen LogP contribution in [0.3, 0.4) is 0 Å². The van der Waals surface area contributed by atoms with Crippen molar-refractivity contribution in [1.82, 2.24) is 0 Å². The molecule has 2 aromatic rings. The van der Waals surface area contributed by atoms with Gasteiger partial charge in [0.05, 0.1) is 0 Å². The van der Waals surface area contributed by atoms with Crippen LogP contribution in [-0.2, 0) is 0 Å². The van der Waals surface area contributed by atoms with Crippen LogP contribution in [0, 0.1) is 6.92 Å². The maximum atomic E-state index is 2.43. The number of hydrogen-bond acceptors (Lipinski definition) is 0. The third-order valence-electron chi connectivity index (χ3n) is 2.56. The molecule has 1 heteroatoms. The van der Waals surface area contributed by atoms with Gasteiger partial charge in [-0.3, -0.25) is 0 Å². The molecule has 0 bridgehead atoms.